The molecule has 0 unspecified atom stereocenters. The maximum Gasteiger partial charge on any atom is 0.206 e. The van der Waals surface area contributed by atoms with Crippen molar-refractivity contribution in [1.82, 2.24) is 20.2 Å². The first kappa shape index (κ1) is 16.3. The van der Waals surface area contributed by atoms with Crippen molar-refractivity contribution < 1.29 is 4.79 Å². The molecule has 0 saturated heterocycles. The summed E-state index contributed by atoms with van der Waals surface area (Å²) in [6.07, 6.45) is 2.10. The Morgan fingerprint density at radius 3 is 2.58 bits per heavy atom. The van der Waals surface area contributed by atoms with Crippen LogP contribution in [0.5, 0.6) is 0 Å². The number of hydrogen-bond donors (Lipinski definition) is 0. The van der Waals surface area contributed by atoms with Crippen molar-refractivity contribution in [3.63, 3.8) is 0 Å². The van der Waals surface area contributed by atoms with Crippen molar-refractivity contribution in [2.24, 2.45) is 0 Å². The van der Waals surface area contributed by atoms with Crippen LogP contribution in [0.25, 0.3) is 11.4 Å². The zero-order valence-corrected chi connectivity index (χ0v) is 14.1. The normalized spacial score (nSPS) is 10.8. The van der Waals surface area contributed by atoms with Crippen LogP contribution in [0.4, 0.5) is 0 Å². The first-order valence-electron chi connectivity index (χ1n) is 7.82. The minimum atomic E-state index is -0.0545. The molecule has 0 amide bonds. The first-order valence-corrected chi connectivity index (χ1v) is 8.20. The van der Waals surface area contributed by atoms with E-state index in [9.17, 15) is 4.79 Å². The third kappa shape index (κ3) is 3.68. The molecule has 0 aliphatic heterocycles. The summed E-state index contributed by atoms with van der Waals surface area (Å²) in [6.45, 7) is 2.18. The maximum absolute atomic E-state index is 12.3. The Morgan fingerprint density at radius 1 is 1.12 bits per heavy atom. The van der Waals surface area contributed by atoms with Gasteiger partial charge in [-0.05, 0) is 29.3 Å². The minimum Gasteiger partial charge on any atom is -0.292 e. The number of aromatic nitrogens is 4. The van der Waals surface area contributed by atoms with Crippen LogP contribution in [0.1, 0.15) is 29.3 Å². The number of ketones is 1. The Balaban J connectivity index is 1.72. The van der Waals surface area contributed by atoms with E-state index in [4.69, 9.17) is 11.6 Å². The molecule has 24 heavy (non-hydrogen) atoms. The van der Waals surface area contributed by atoms with Gasteiger partial charge < -0.3 is 0 Å². The van der Waals surface area contributed by atoms with E-state index in [1.165, 1.54) is 10.4 Å². The summed E-state index contributed by atoms with van der Waals surface area (Å²) in [5, 5.41) is 12.7. The lowest BCUT2D eigenvalue weighted by Crippen LogP contribution is -2.13. The molecule has 122 valence electrons. The predicted octanol–water partition coefficient (Wildman–Crippen LogP) is 3.83. The first-order chi connectivity index (χ1) is 11.7. The minimum absolute atomic E-state index is 0.0462. The van der Waals surface area contributed by atoms with Gasteiger partial charge in [-0.15, -0.1) is 10.2 Å². The SMILES string of the molecule is CCCc1ccc(C(=O)Cn2nnc(-c3ccccc3Cl)n2)cc1. The van der Waals surface area contributed by atoms with Crippen LogP contribution in [0.2, 0.25) is 5.02 Å². The van der Waals surface area contributed by atoms with Crippen LogP contribution >= 0.6 is 11.6 Å². The lowest BCUT2D eigenvalue weighted by atomic mass is 10.1. The van der Waals surface area contributed by atoms with Crippen molar-refractivity contribution in [1.29, 1.82) is 0 Å². The number of aryl methyl sites for hydroxylation is 1. The molecule has 0 N–H and O–H groups in total. The zero-order valence-electron chi connectivity index (χ0n) is 13.3. The van der Waals surface area contributed by atoms with Crippen LogP contribution < -0.4 is 0 Å². The van der Waals surface area contributed by atoms with E-state index < -0.39 is 0 Å². The quantitative estimate of drug-likeness (QED) is 0.640. The van der Waals surface area contributed by atoms with Gasteiger partial charge in [-0.2, -0.15) is 4.80 Å². The molecule has 0 aliphatic carbocycles. The van der Waals surface area contributed by atoms with Gasteiger partial charge in [0.05, 0.1) is 5.02 Å². The van der Waals surface area contributed by atoms with E-state index in [1.807, 2.05) is 42.5 Å². The summed E-state index contributed by atoms with van der Waals surface area (Å²) in [6, 6.07) is 14.9. The van der Waals surface area contributed by atoms with Crippen molar-refractivity contribution in [3.8, 4) is 11.4 Å². The van der Waals surface area contributed by atoms with E-state index in [2.05, 4.69) is 22.3 Å². The second-order valence-electron chi connectivity index (χ2n) is 5.49. The van der Waals surface area contributed by atoms with Gasteiger partial charge in [-0.1, -0.05) is 61.3 Å². The summed E-state index contributed by atoms with van der Waals surface area (Å²) in [7, 11) is 0. The topological polar surface area (TPSA) is 60.7 Å². The molecule has 3 aromatic rings. The van der Waals surface area contributed by atoms with Gasteiger partial charge in [0.2, 0.25) is 5.82 Å². The summed E-state index contributed by atoms with van der Waals surface area (Å²) in [4.78, 5) is 13.6. The summed E-state index contributed by atoms with van der Waals surface area (Å²) in [5.74, 6) is 0.354. The molecule has 3 rings (SSSR count). The number of nitrogens with zero attached hydrogens (tertiary/aromatic N) is 4. The molecule has 5 nitrogen and oxygen atoms in total. The van der Waals surface area contributed by atoms with Gasteiger partial charge >= 0.3 is 0 Å². The van der Waals surface area contributed by atoms with Gasteiger partial charge in [0, 0.05) is 11.1 Å². The molecule has 6 heteroatoms. The highest BCUT2D eigenvalue weighted by atomic mass is 35.5. The van der Waals surface area contributed by atoms with Crippen LogP contribution in [0, 0.1) is 0 Å². The molecule has 0 spiro atoms. The Kier molecular flexibility index (Phi) is 5.01. The molecular formula is C18H17ClN4O. The fraction of sp³-hybridized carbons (Fsp3) is 0.222. The summed E-state index contributed by atoms with van der Waals surface area (Å²) < 4.78 is 0. The maximum atomic E-state index is 12.3. The standard InChI is InChI=1S/C18H17ClN4O/c1-2-5-13-8-10-14(11-9-13)17(24)12-23-21-18(20-22-23)15-6-3-4-7-16(15)19/h3-4,6-11H,2,5,12H2,1H3. The van der Waals surface area contributed by atoms with Crippen LogP contribution in [0.3, 0.4) is 0 Å². The van der Waals surface area contributed by atoms with E-state index in [0.29, 0.717) is 22.0 Å². The van der Waals surface area contributed by atoms with Crippen molar-refractivity contribution in [2.45, 2.75) is 26.3 Å². The van der Waals surface area contributed by atoms with Gasteiger partial charge in [0.1, 0.15) is 6.54 Å². The third-order valence-corrected chi connectivity index (χ3v) is 4.00. The number of tetrazole rings is 1. The smallest absolute Gasteiger partial charge is 0.206 e. The molecule has 0 radical (unpaired) electrons. The third-order valence-electron chi connectivity index (χ3n) is 3.67. The number of carbonyl (C=O) groups excluding carboxylic acids is 1. The Hall–Kier alpha value is -2.53. The fourth-order valence-electron chi connectivity index (χ4n) is 2.43. The molecular weight excluding hydrogens is 324 g/mol. The molecule has 1 heterocycles. The molecule has 0 bridgehead atoms. The Morgan fingerprint density at radius 2 is 1.88 bits per heavy atom. The lowest BCUT2D eigenvalue weighted by Gasteiger charge is -2.02. The van der Waals surface area contributed by atoms with E-state index in [-0.39, 0.29) is 12.3 Å². The molecule has 0 fully saturated rings. The van der Waals surface area contributed by atoms with Crippen LogP contribution in [-0.4, -0.2) is 26.0 Å². The van der Waals surface area contributed by atoms with E-state index in [1.54, 1.807) is 6.07 Å². The molecule has 1 aromatic heterocycles. The van der Waals surface area contributed by atoms with Gasteiger partial charge in [-0.25, -0.2) is 0 Å². The predicted molar refractivity (Wildman–Crippen MR) is 93.0 cm³/mol. The lowest BCUT2D eigenvalue weighted by molar-refractivity contribution is 0.0961. The average molecular weight is 341 g/mol. The second-order valence-corrected chi connectivity index (χ2v) is 5.90. The van der Waals surface area contributed by atoms with Crippen molar-refractivity contribution in [3.05, 3.63) is 64.7 Å². The molecule has 0 atom stereocenters. The van der Waals surface area contributed by atoms with Gasteiger partial charge in [-0.3, -0.25) is 4.79 Å². The van der Waals surface area contributed by atoms with Crippen LogP contribution in [0.15, 0.2) is 48.5 Å². The highest BCUT2D eigenvalue weighted by molar-refractivity contribution is 6.33. The van der Waals surface area contributed by atoms with Gasteiger partial charge in [0.15, 0.2) is 5.78 Å². The molecule has 0 saturated carbocycles. The Bertz CT molecular complexity index is 842. The summed E-state index contributed by atoms with van der Waals surface area (Å²) >= 11 is 6.13. The number of benzene rings is 2. The fourth-order valence-corrected chi connectivity index (χ4v) is 2.65. The number of Topliss-reactive ketones (excluding diaryl/α,β-unsaturated/α-hetero) is 1. The number of hydrogen-bond acceptors (Lipinski definition) is 4. The van der Waals surface area contributed by atoms with E-state index >= 15 is 0 Å². The second kappa shape index (κ2) is 7.36. The van der Waals surface area contributed by atoms with E-state index in [0.717, 1.165) is 12.8 Å². The number of rotatable bonds is 6. The Labute approximate surface area is 145 Å². The monoisotopic (exact) mass is 340 g/mol. The highest BCUT2D eigenvalue weighted by Gasteiger charge is 2.12. The van der Waals surface area contributed by atoms with Crippen molar-refractivity contribution >= 4 is 17.4 Å². The summed E-state index contributed by atoms with van der Waals surface area (Å²) in [5.41, 5.74) is 2.57. The van der Waals surface area contributed by atoms with Crippen LogP contribution in [-0.2, 0) is 13.0 Å². The molecule has 0 aliphatic rings. The van der Waals surface area contributed by atoms with Crippen molar-refractivity contribution in [2.75, 3.05) is 0 Å². The average Bonchev–Trinajstić information content (AvgIpc) is 3.04. The highest BCUT2D eigenvalue weighted by Crippen LogP contribution is 2.23. The zero-order chi connectivity index (χ0) is 16.9. The molecule has 2 aromatic carbocycles. The van der Waals surface area contributed by atoms with Gasteiger partial charge in [0.25, 0.3) is 0 Å². The number of halogens is 1. The number of carbonyl (C=O) groups is 1. The largest absolute Gasteiger partial charge is 0.292 e.